The number of fused-ring (bicyclic) bond motifs is 1. The standard InChI is InChI=1S/C16H14FN5O/c17-14-2-1-3-15(6-14)23-5-4-19-8-12-9-20-16-13(7-18)10-21-22(16)11-12/h1-3,6,9-11,19H,4-5,8H2. The van der Waals surface area contributed by atoms with E-state index in [2.05, 4.69) is 15.4 Å². The van der Waals surface area contributed by atoms with Crippen molar-refractivity contribution in [3.63, 3.8) is 0 Å². The van der Waals surface area contributed by atoms with E-state index >= 15 is 0 Å². The summed E-state index contributed by atoms with van der Waals surface area (Å²) in [5.74, 6) is 0.196. The smallest absolute Gasteiger partial charge is 0.172 e. The van der Waals surface area contributed by atoms with E-state index in [0.29, 0.717) is 36.7 Å². The van der Waals surface area contributed by atoms with E-state index < -0.39 is 0 Å². The SMILES string of the molecule is N#Cc1cnn2cc(CNCCOc3cccc(F)c3)cnc12. The molecule has 0 spiro atoms. The molecule has 1 aromatic carbocycles. The summed E-state index contributed by atoms with van der Waals surface area (Å²) in [6.45, 7) is 1.63. The Labute approximate surface area is 132 Å². The van der Waals surface area contributed by atoms with Crippen LogP contribution in [0.1, 0.15) is 11.1 Å². The van der Waals surface area contributed by atoms with Gasteiger partial charge in [-0.05, 0) is 12.1 Å². The van der Waals surface area contributed by atoms with Crippen molar-refractivity contribution < 1.29 is 9.13 Å². The molecule has 0 aliphatic carbocycles. The number of ether oxygens (including phenoxy) is 1. The topological polar surface area (TPSA) is 75.2 Å². The van der Waals surface area contributed by atoms with E-state index in [1.807, 2.05) is 12.3 Å². The molecule has 0 unspecified atom stereocenters. The number of halogens is 1. The van der Waals surface area contributed by atoms with Gasteiger partial charge in [0.25, 0.3) is 0 Å². The molecule has 0 atom stereocenters. The molecule has 0 saturated carbocycles. The summed E-state index contributed by atoms with van der Waals surface area (Å²) in [4.78, 5) is 4.23. The first kappa shape index (κ1) is 14.9. The molecular weight excluding hydrogens is 297 g/mol. The number of nitrogens with zero attached hydrogens (tertiary/aromatic N) is 4. The summed E-state index contributed by atoms with van der Waals surface area (Å²) in [5, 5.41) is 16.2. The quantitative estimate of drug-likeness (QED) is 0.704. The molecule has 3 rings (SSSR count). The minimum Gasteiger partial charge on any atom is -0.492 e. The van der Waals surface area contributed by atoms with Crippen molar-refractivity contribution >= 4 is 5.65 Å². The van der Waals surface area contributed by atoms with Gasteiger partial charge in [-0.25, -0.2) is 13.9 Å². The second-order valence-electron chi connectivity index (χ2n) is 4.88. The van der Waals surface area contributed by atoms with Crippen LogP contribution in [-0.2, 0) is 6.54 Å². The van der Waals surface area contributed by atoms with Crippen LogP contribution in [-0.4, -0.2) is 27.7 Å². The van der Waals surface area contributed by atoms with Crippen LogP contribution in [0.25, 0.3) is 5.65 Å². The van der Waals surface area contributed by atoms with Crippen molar-refractivity contribution in [2.75, 3.05) is 13.2 Å². The second kappa shape index (κ2) is 6.85. The number of aromatic nitrogens is 3. The zero-order valence-corrected chi connectivity index (χ0v) is 12.2. The lowest BCUT2D eigenvalue weighted by atomic mass is 10.3. The number of rotatable bonds is 6. The van der Waals surface area contributed by atoms with Gasteiger partial charge < -0.3 is 10.1 Å². The van der Waals surface area contributed by atoms with E-state index in [1.165, 1.54) is 18.3 Å². The first-order valence-electron chi connectivity index (χ1n) is 7.08. The van der Waals surface area contributed by atoms with Gasteiger partial charge >= 0.3 is 0 Å². The summed E-state index contributed by atoms with van der Waals surface area (Å²) >= 11 is 0. The maximum Gasteiger partial charge on any atom is 0.172 e. The van der Waals surface area contributed by atoms with Gasteiger partial charge in [0.1, 0.15) is 29.8 Å². The highest BCUT2D eigenvalue weighted by atomic mass is 19.1. The highest BCUT2D eigenvalue weighted by Crippen LogP contribution is 2.11. The Morgan fingerprint density at radius 1 is 1.35 bits per heavy atom. The lowest BCUT2D eigenvalue weighted by Gasteiger charge is -2.07. The fraction of sp³-hybridized carbons (Fsp3) is 0.188. The fourth-order valence-electron chi connectivity index (χ4n) is 2.11. The number of nitriles is 1. The molecule has 0 fully saturated rings. The Balaban J connectivity index is 1.48. The zero-order chi connectivity index (χ0) is 16.1. The second-order valence-corrected chi connectivity index (χ2v) is 4.88. The number of nitrogens with one attached hydrogen (secondary N) is 1. The highest BCUT2D eigenvalue weighted by Gasteiger charge is 2.05. The first-order valence-corrected chi connectivity index (χ1v) is 7.08. The lowest BCUT2D eigenvalue weighted by Crippen LogP contribution is -2.21. The molecule has 0 aliphatic rings. The van der Waals surface area contributed by atoms with Crippen LogP contribution < -0.4 is 10.1 Å². The van der Waals surface area contributed by atoms with Gasteiger partial charge in [-0.1, -0.05) is 6.07 Å². The van der Waals surface area contributed by atoms with Crippen molar-refractivity contribution in [2.45, 2.75) is 6.54 Å². The van der Waals surface area contributed by atoms with Gasteiger partial charge in [0.15, 0.2) is 5.65 Å². The van der Waals surface area contributed by atoms with Gasteiger partial charge in [-0.3, -0.25) is 0 Å². The van der Waals surface area contributed by atoms with Gasteiger partial charge in [0.2, 0.25) is 0 Å². The van der Waals surface area contributed by atoms with Gasteiger partial charge in [0.05, 0.1) is 6.20 Å². The van der Waals surface area contributed by atoms with Gasteiger partial charge in [-0.2, -0.15) is 10.4 Å². The Kier molecular flexibility index (Phi) is 4.45. The predicted octanol–water partition coefficient (Wildman–Crippen LogP) is 1.91. The molecule has 1 N–H and O–H groups in total. The largest absolute Gasteiger partial charge is 0.492 e. The van der Waals surface area contributed by atoms with Gasteiger partial charge in [0, 0.05) is 37.1 Å². The molecular formula is C16H14FN5O. The van der Waals surface area contributed by atoms with Crippen molar-refractivity contribution in [1.82, 2.24) is 19.9 Å². The van der Waals surface area contributed by atoms with E-state index in [9.17, 15) is 4.39 Å². The summed E-state index contributed by atoms with van der Waals surface area (Å²) in [6, 6.07) is 8.09. The molecule has 2 heterocycles. The minimum atomic E-state index is -0.314. The van der Waals surface area contributed by atoms with Crippen LogP contribution in [0.3, 0.4) is 0 Å². The predicted molar refractivity (Wildman–Crippen MR) is 81.3 cm³/mol. The molecule has 116 valence electrons. The number of hydrogen-bond acceptors (Lipinski definition) is 5. The van der Waals surface area contributed by atoms with Crippen LogP contribution >= 0.6 is 0 Å². The lowest BCUT2D eigenvalue weighted by molar-refractivity contribution is 0.312. The molecule has 6 nitrogen and oxygen atoms in total. The molecule has 23 heavy (non-hydrogen) atoms. The molecule has 0 radical (unpaired) electrons. The Morgan fingerprint density at radius 2 is 2.26 bits per heavy atom. The zero-order valence-electron chi connectivity index (χ0n) is 12.2. The average molecular weight is 311 g/mol. The van der Waals surface area contributed by atoms with Crippen LogP contribution in [0, 0.1) is 17.1 Å². The molecule has 0 aliphatic heterocycles. The highest BCUT2D eigenvalue weighted by molar-refractivity contribution is 5.53. The third kappa shape index (κ3) is 3.62. The Hall–Kier alpha value is -2.98. The summed E-state index contributed by atoms with van der Waals surface area (Å²) in [5.41, 5.74) is 1.94. The van der Waals surface area contributed by atoms with E-state index in [-0.39, 0.29) is 5.82 Å². The number of hydrogen-bond donors (Lipinski definition) is 1. The third-order valence-electron chi connectivity index (χ3n) is 3.20. The monoisotopic (exact) mass is 311 g/mol. The molecule has 0 saturated heterocycles. The summed E-state index contributed by atoms with van der Waals surface area (Å²) < 4.78 is 20.0. The van der Waals surface area contributed by atoms with Crippen LogP contribution in [0.5, 0.6) is 5.75 Å². The van der Waals surface area contributed by atoms with Crippen LogP contribution in [0.4, 0.5) is 4.39 Å². The molecule has 2 aromatic heterocycles. The molecule has 7 heteroatoms. The van der Waals surface area contributed by atoms with E-state index in [4.69, 9.17) is 10.00 Å². The van der Waals surface area contributed by atoms with E-state index in [0.717, 1.165) is 5.56 Å². The van der Waals surface area contributed by atoms with Gasteiger partial charge in [-0.15, -0.1) is 0 Å². The Bertz CT molecular complexity index is 855. The maximum absolute atomic E-state index is 13.0. The Morgan fingerprint density at radius 3 is 3.09 bits per heavy atom. The minimum absolute atomic E-state index is 0.314. The fourth-order valence-corrected chi connectivity index (χ4v) is 2.11. The van der Waals surface area contributed by atoms with Crippen molar-refractivity contribution in [3.05, 3.63) is 59.8 Å². The third-order valence-corrected chi connectivity index (χ3v) is 3.20. The van der Waals surface area contributed by atoms with Crippen LogP contribution in [0.15, 0.2) is 42.9 Å². The molecule has 0 amide bonds. The maximum atomic E-state index is 13.0. The molecule has 3 aromatic rings. The average Bonchev–Trinajstić information content (AvgIpc) is 2.97. The normalized spacial score (nSPS) is 10.6. The van der Waals surface area contributed by atoms with Crippen molar-refractivity contribution in [2.24, 2.45) is 0 Å². The van der Waals surface area contributed by atoms with Crippen molar-refractivity contribution in [3.8, 4) is 11.8 Å². The summed E-state index contributed by atoms with van der Waals surface area (Å²) in [6.07, 6.45) is 5.02. The number of benzene rings is 1. The summed E-state index contributed by atoms with van der Waals surface area (Å²) in [7, 11) is 0. The van der Waals surface area contributed by atoms with Crippen LogP contribution in [0.2, 0.25) is 0 Å². The van der Waals surface area contributed by atoms with Crippen molar-refractivity contribution in [1.29, 1.82) is 5.26 Å². The molecule has 0 bridgehead atoms. The van der Waals surface area contributed by atoms with E-state index in [1.54, 1.807) is 22.8 Å². The first-order chi connectivity index (χ1) is 11.3.